The minimum atomic E-state index is -0.138. The quantitative estimate of drug-likeness (QED) is 0.715. The third-order valence-corrected chi connectivity index (χ3v) is 2.80. The second-order valence-electron chi connectivity index (χ2n) is 5.22. The van der Waals surface area contributed by atoms with E-state index >= 15 is 0 Å². The number of aliphatic hydroxyl groups is 1. The number of aliphatic hydroxyl groups excluding tert-OH is 1. The van der Waals surface area contributed by atoms with Crippen LogP contribution in [0.15, 0.2) is 24.3 Å². The maximum Gasteiger partial charge on any atom is 0.224 e. The number of benzene rings is 1. The minimum absolute atomic E-state index is 0.0112. The molecule has 0 unspecified atom stereocenters. The number of amides is 1. The summed E-state index contributed by atoms with van der Waals surface area (Å²) >= 11 is 0. The number of likely N-dealkylation sites (N-methyl/N-ethyl adjacent to an activating group) is 1. The number of hydrogen-bond acceptors (Lipinski definition) is 3. The molecular formula is C14H22N2O2. The summed E-state index contributed by atoms with van der Waals surface area (Å²) in [7, 11) is 1.63. The highest BCUT2D eigenvalue weighted by Crippen LogP contribution is 2.16. The first kappa shape index (κ1) is 14.5. The molecule has 0 aromatic heterocycles. The Bertz CT molecular complexity index is 385. The van der Waals surface area contributed by atoms with Crippen molar-refractivity contribution < 1.29 is 9.90 Å². The highest BCUT2D eigenvalue weighted by Gasteiger charge is 2.15. The van der Waals surface area contributed by atoms with Crippen molar-refractivity contribution in [2.75, 3.05) is 25.5 Å². The Morgan fingerprint density at radius 3 is 2.39 bits per heavy atom. The van der Waals surface area contributed by atoms with Gasteiger partial charge in [0.05, 0.1) is 6.42 Å². The van der Waals surface area contributed by atoms with Gasteiger partial charge in [0.1, 0.15) is 0 Å². The van der Waals surface area contributed by atoms with Crippen molar-refractivity contribution >= 4 is 11.6 Å². The van der Waals surface area contributed by atoms with Crippen LogP contribution in [0.25, 0.3) is 0 Å². The SMILES string of the molecule is CNC(=O)Cc1ccc(NCC(C)(C)CO)cc1. The molecule has 0 aliphatic heterocycles. The predicted molar refractivity (Wildman–Crippen MR) is 73.6 cm³/mol. The summed E-state index contributed by atoms with van der Waals surface area (Å²) in [5, 5.41) is 15.0. The van der Waals surface area contributed by atoms with Crippen LogP contribution in [0.5, 0.6) is 0 Å². The van der Waals surface area contributed by atoms with Gasteiger partial charge in [-0.2, -0.15) is 0 Å². The molecule has 100 valence electrons. The molecule has 0 bridgehead atoms. The van der Waals surface area contributed by atoms with Gasteiger partial charge in [0.2, 0.25) is 5.91 Å². The van der Waals surface area contributed by atoms with Gasteiger partial charge >= 0.3 is 0 Å². The Kier molecular flexibility index (Phi) is 5.16. The van der Waals surface area contributed by atoms with E-state index in [1.807, 2.05) is 38.1 Å². The molecule has 1 rings (SSSR count). The van der Waals surface area contributed by atoms with E-state index < -0.39 is 0 Å². The zero-order chi connectivity index (χ0) is 13.6. The topological polar surface area (TPSA) is 61.4 Å². The summed E-state index contributed by atoms with van der Waals surface area (Å²) in [4.78, 5) is 11.2. The van der Waals surface area contributed by atoms with E-state index in [0.717, 1.165) is 11.3 Å². The second-order valence-corrected chi connectivity index (χ2v) is 5.22. The number of carbonyl (C=O) groups excluding carboxylic acids is 1. The molecule has 4 heteroatoms. The van der Waals surface area contributed by atoms with E-state index in [4.69, 9.17) is 5.11 Å². The first-order chi connectivity index (χ1) is 8.46. The second kappa shape index (κ2) is 6.40. The van der Waals surface area contributed by atoms with Gasteiger partial charge < -0.3 is 15.7 Å². The van der Waals surface area contributed by atoms with Crippen LogP contribution in [0.4, 0.5) is 5.69 Å². The maximum atomic E-state index is 11.2. The van der Waals surface area contributed by atoms with E-state index in [9.17, 15) is 4.79 Å². The molecule has 0 fully saturated rings. The molecule has 0 aliphatic carbocycles. The van der Waals surface area contributed by atoms with Crippen LogP contribution in [-0.2, 0) is 11.2 Å². The first-order valence-electron chi connectivity index (χ1n) is 6.11. The fourth-order valence-electron chi connectivity index (χ4n) is 1.41. The van der Waals surface area contributed by atoms with E-state index in [0.29, 0.717) is 13.0 Å². The summed E-state index contributed by atoms with van der Waals surface area (Å²) in [5.41, 5.74) is 1.85. The summed E-state index contributed by atoms with van der Waals surface area (Å²) in [5.74, 6) is 0.0112. The Morgan fingerprint density at radius 2 is 1.89 bits per heavy atom. The van der Waals surface area contributed by atoms with Crippen molar-refractivity contribution in [1.29, 1.82) is 0 Å². The van der Waals surface area contributed by atoms with Crippen LogP contribution in [0.2, 0.25) is 0 Å². The Balaban J connectivity index is 2.53. The third-order valence-electron chi connectivity index (χ3n) is 2.80. The van der Waals surface area contributed by atoms with Gasteiger partial charge in [-0.15, -0.1) is 0 Å². The number of rotatable bonds is 6. The Labute approximate surface area is 108 Å². The van der Waals surface area contributed by atoms with Gasteiger partial charge in [-0.05, 0) is 17.7 Å². The lowest BCUT2D eigenvalue weighted by Crippen LogP contribution is -2.26. The van der Waals surface area contributed by atoms with Crippen molar-refractivity contribution in [3.05, 3.63) is 29.8 Å². The molecule has 4 nitrogen and oxygen atoms in total. The molecule has 0 saturated carbocycles. The molecular weight excluding hydrogens is 228 g/mol. The number of anilines is 1. The highest BCUT2D eigenvalue weighted by atomic mass is 16.3. The number of hydrogen-bond donors (Lipinski definition) is 3. The van der Waals surface area contributed by atoms with Crippen LogP contribution < -0.4 is 10.6 Å². The van der Waals surface area contributed by atoms with Gasteiger partial charge in [0.15, 0.2) is 0 Å². The van der Waals surface area contributed by atoms with E-state index in [1.165, 1.54) is 0 Å². The minimum Gasteiger partial charge on any atom is -0.396 e. The molecule has 0 heterocycles. The van der Waals surface area contributed by atoms with E-state index in [-0.39, 0.29) is 17.9 Å². The van der Waals surface area contributed by atoms with Crippen molar-refractivity contribution in [2.45, 2.75) is 20.3 Å². The van der Waals surface area contributed by atoms with Crippen LogP contribution >= 0.6 is 0 Å². The van der Waals surface area contributed by atoms with Gasteiger partial charge in [-0.25, -0.2) is 0 Å². The van der Waals surface area contributed by atoms with Crippen molar-refractivity contribution in [3.63, 3.8) is 0 Å². The highest BCUT2D eigenvalue weighted by molar-refractivity contribution is 5.78. The molecule has 18 heavy (non-hydrogen) atoms. The fourth-order valence-corrected chi connectivity index (χ4v) is 1.41. The van der Waals surface area contributed by atoms with Crippen LogP contribution in [0.1, 0.15) is 19.4 Å². The molecule has 1 amide bonds. The summed E-state index contributed by atoms with van der Waals surface area (Å²) in [6, 6.07) is 7.77. The molecule has 0 radical (unpaired) electrons. The smallest absolute Gasteiger partial charge is 0.224 e. The molecule has 0 aliphatic rings. The van der Waals surface area contributed by atoms with Crippen molar-refractivity contribution in [1.82, 2.24) is 5.32 Å². The van der Waals surface area contributed by atoms with Gasteiger partial charge in [-0.1, -0.05) is 26.0 Å². The number of nitrogens with one attached hydrogen (secondary N) is 2. The maximum absolute atomic E-state index is 11.2. The van der Waals surface area contributed by atoms with Crippen LogP contribution in [0.3, 0.4) is 0 Å². The third kappa shape index (κ3) is 4.75. The van der Waals surface area contributed by atoms with Gasteiger partial charge in [0.25, 0.3) is 0 Å². The summed E-state index contributed by atoms with van der Waals surface area (Å²) < 4.78 is 0. The lowest BCUT2D eigenvalue weighted by atomic mass is 9.95. The van der Waals surface area contributed by atoms with Crippen molar-refractivity contribution in [3.8, 4) is 0 Å². The van der Waals surface area contributed by atoms with E-state index in [2.05, 4.69) is 10.6 Å². The summed E-state index contributed by atoms with van der Waals surface area (Å²) in [6.45, 7) is 4.85. The fraction of sp³-hybridized carbons (Fsp3) is 0.500. The average Bonchev–Trinajstić information content (AvgIpc) is 2.38. The Hall–Kier alpha value is -1.55. The van der Waals surface area contributed by atoms with Gasteiger partial charge in [0, 0.05) is 31.3 Å². The number of carbonyl (C=O) groups is 1. The predicted octanol–water partition coefficient (Wildman–Crippen LogP) is 1.41. The molecule has 3 N–H and O–H groups in total. The largest absolute Gasteiger partial charge is 0.396 e. The molecule has 0 spiro atoms. The molecule has 1 aromatic rings. The van der Waals surface area contributed by atoms with Crippen molar-refractivity contribution in [2.24, 2.45) is 5.41 Å². The van der Waals surface area contributed by atoms with Crippen LogP contribution in [-0.4, -0.2) is 31.2 Å². The normalized spacial score (nSPS) is 11.1. The molecule has 0 saturated heterocycles. The molecule has 0 atom stereocenters. The Morgan fingerprint density at radius 1 is 1.28 bits per heavy atom. The lowest BCUT2D eigenvalue weighted by Gasteiger charge is -2.22. The average molecular weight is 250 g/mol. The standard InChI is InChI=1S/C14H22N2O2/c1-14(2,10-17)9-16-12-6-4-11(5-7-12)8-13(18)15-3/h4-7,16-17H,8-10H2,1-3H3,(H,15,18). The van der Waals surface area contributed by atoms with Gasteiger partial charge in [-0.3, -0.25) is 4.79 Å². The zero-order valence-corrected chi connectivity index (χ0v) is 11.3. The first-order valence-corrected chi connectivity index (χ1v) is 6.11. The van der Waals surface area contributed by atoms with Crippen LogP contribution in [0, 0.1) is 5.41 Å². The van der Waals surface area contributed by atoms with E-state index in [1.54, 1.807) is 7.05 Å². The monoisotopic (exact) mass is 250 g/mol. The lowest BCUT2D eigenvalue weighted by molar-refractivity contribution is -0.119. The molecule has 1 aromatic carbocycles. The summed E-state index contributed by atoms with van der Waals surface area (Å²) in [6.07, 6.45) is 0.402. The zero-order valence-electron chi connectivity index (χ0n) is 11.3.